The monoisotopic (exact) mass is 249 g/mol. The number of hydrogen-bond acceptors (Lipinski definition) is 3. The second kappa shape index (κ2) is 5.73. The third-order valence-electron chi connectivity index (χ3n) is 2.87. The molecule has 18 heavy (non-hydrogen) atoms. The molecule has 96 valence electrons. The van der Waals surface area contributed by atoms with Crippen molar-refractivity contribution in [2.45, 2.75) is 26.3 Å². The minimum atomic E-state index is -0.245. The van der Waals surface area contributed by atoms with Crippen LogP contribution in [0.5, 0.6) is 0 Å². The van der Waals surface area contributed by atoms with E-state index in [4.69, 9.17) is 5.11 Å². The van der Waals surface area contributed by atoms with Crippen molar-refractivity contribution < 1.29 is 9.50 Å². The van der Waals surface area contributed by atoms with Crippen molar-refractivity contribution >= 4 is 0 Å². The van der Waals surface area contributed by atoms with Crippen molar-refractivity contribution in [3.8, 4) is 0 Å². The van der Waals surface area contributed by atoms with Gasteiger partial charge in [0.1, 0.15) is 5.82 Å². The maximum atomic E-state index is 13.1. The minimum Gasteiger partial charge on any atom is -0.396 e. The first kappa shape index (κ1) is 12.7. The van der Waals surface area contributed by atoms with Gasteiger partial charge in [-0.05, 0) is 37.5 Å². The molecule has 0 amide bonds. The standard InChI is InChI=1S/C13H16FN3O/c1-10-13(6-3-7-18)15-16-17(10)9-11-4-2-5-12(14)8-11/h2,4-5,8,18H,3,6-7,9H2,1H3. The van der Waals surface area contributed by atoms with Gasteiger partial charge in [-0.3, -0.25) is 0 Å². The molecule has 0 saturated carbocycles. The van der Waals surface area contributed by atoms with Crippen molar-refractivity contribution in [3.63, 3.8) is 0 Å². The quantitative estimate of drug-likeness (QED) is 0.877. The first-order valence-corrected chi connectivity index (χ1v) is 5.95. The summed E-state index contributed by atoms with van der Waals surface area (Å²) in [6.07, 6.45) is 1.39. The molecule has 0 atom stereocenters. The summed E-state index contributed by atoms with van der Waals surface area (Å²) < 4.78 is 14.8. The third kappa shape index (κ3) is 2.92. The van der Waals surface area contributed by atoms with E-state index in [1.165, 1.54) is 12.1 Å². The lowest BCUT2D eigenvalue weighted by molar-refractivity contribution is 0.288. The zero-order valence-corrected chi connectivity index (χ0v) is 10.3. The van der Waals surface area contributed by atoms with Crippen LogP contribution in [0.2, 0.25) is 0 Å². The summed E-state index contributed by atoms with van der Waals surface area (Å²) in [5.74, 6) is -0.245. The number of aliphatic hydroxyl groups excluding tert-OH is 1. The van der Waals surface area contributed by atoms with Crippen LogP contribution in [-0.2, 0) is 13.0 Å². The van der Waals surface area contributed by atoms with Crippen LogP contribution < -0.4 is 0 Å². The lowest BCUT2D eigenvalue weighted by Crippen LogP contribution is -2.04. The highest BCUT2D eigenvalue weighted by Crippen LogP contribution is 2.10. The molecule has 0 aliphatic rings. The Kier molecular flexibility index (Phi) is 4.04. The van der Waals surface area contributed by atoms with E-state index < -0.39 is 0 Å². The molecule has 2 rings (SSSR count). The van der Waals surface area contributed by atoms with Crippen molar-refractivity contribution in [1.82, 2.24) is 15.0 Å². The molecule has 1 aromatic carbocycles. The van der Waals surface area contributed by atoms with E-state index >= 15 is 0 Å². The number of aryl methyl sites for hydroxylation is 1. The normalized spacial score (nSPS) is 10.8. The predicted octanol–water partition coefficient (Wildman–Crippen LogP) is 1.70. The van der Waals surface area contributed by atoms with Gasteiger partial charge in [0.2, 0.25) is 0 Å². The SMILES string of the molecule is Cc1c(CCCO)nnn1Cc1cccc(F)c1. The van der Waals surface area contributed by atoms with Gasteiger partial charge in [-0.15, -0.1) is 5.10 Å². The van der Waals surface area contributed by atoms with Crippen LogP contribution in [0.1, 0.15) is 23.4 Å². The van der Waals surface area contributed by atoms with Gasteiger partial charge in [-0.25, -0.2) is 9.07 Å². The zero-order chi connectivity index (χ0) is 13.0. The Morgan fingerprint density at radius 2 is 2.22 bits per heavy atom. The largest absolute Gasteiger partial charge is 0.396 e. The predicted molar refractivity (Wildman–Crippen MR) is 65.7 cm³/mol. The molecule has 1 aromatic heterocycles. The van der Waals surface area contributed by atoms with E-state index in [2.05, 4.69) is 10.3 Å². The lowest BCUT2D eigenvalue weighted by Gasteiger charge is -2.04. The van der Waals surface area contributed by atoms with Gasteiger partial charge < -0.3 is 5.11 Å². The van der Waals surface area contributed by atoms with E-state index in [-0.39, 0.29) is 12.4 Å². The topological polar surface area (TPSA) is 50.9 Å². The molecule has 0 fully saturated rings. The zero-order valence-electron chi connectivity index (χ0n) is 10.3. The van der Waals surface area contributed by atoms with Gasteiger partial charge >= 0.3 is 0 Å². The lowest BCUT2D eigenvalue weighted by atomic mass is 10.2. The molecule has 0 radical (unpaired) electrons. The third-order valence-corrected chi connectivity index (χ3v) is 2.87. The second-order valence-electron chi connectivity index (χ2n) is 4.24. The Labute approximate surface area is 105 Å². The summed E-state index contributed by atoms with van der Waals surface area (Å²) in [5.41, 5.74) is 2.71. The second-order valence-corrected chi connectivity index (χ2v) is 4.24. The Morgan fingerprint density at radius 1 is 1.39 bits per heavy atom. The maximum Gasteiger partial charge on any atom is 0.123 e. The van der Waals surface area contributed by atoms with E-state index in [9.17, 15) is 4.39 Å². The number of nitrogens with zero attached hydrogens (tertiary/aromatic N) is 3. The van der Waals surface area contributed by atoms with E-state index in [1.54, 1.807) is 10.7 Å². The number of aliphatic hydroxyl groups is 1. The van der Waals surface area contributed by atoms with Gasteiger partial charge in [-0.2, -0.15) is 0 Å². The Hall–Kier alpha value is -1.75. The van der Waals surface area contributed by atoms with Crippen LogP contribution in [0.3, 0.4) is 0 Å². The maximum absolute atomic E-state index is 13.1. The molecule has 1 heterocycles. The summed E-state index contributed by atoms with van der Waals surface area (Å²) in [6.45, 7) is 2.60. The van der Waals surface area contributed by atoms with Gasteiger partial charge in [-0.1, -0.05) is 17.3 Å². The number of hydrogen-bond donors (Lipinski definition) is 1. The van der Waals surface area contributed by atoms with Crippen molar-refractivity contribution in [3.05, 3.63) is 47.0 Å². The summed E-state index contributed by atoms with van der Waals surface area (Å²) in [6, 6.07) is 6.46. The average molecular weight is 249 g/mol. The van der Waals surface area contributed by atoms with Gasteiger partial charge in [0.25, 0.3) is 0 Å². The first-order valence-electron chi connectivity index (χ1n) is 5.95. The number of rotatable bonds is 5. The Balaban J connectivity index is 2.12. The van der Waals surface area contributed by atoms with E-state index in [0.717, 1.165) is 17.0 Å². The van der Waals surface area contributed by atoms with Crippen LogP contribution in [0.15, 0.2) is 24.3 Å². The molecule has 0 aliphatic heterocycles. The number of halogens is 1. The van der Waals surface area contributed by atoms with Crippen LogP contribution in [0.4, 0.5) is 4.39 Å². The molecule has 0 saturated heterocycles. The molecular formula is C13H16FN3O. The summed E-state index contributed by atoms with van der Waals surface area (Å²) in [7, 11) is 0. The highest BCUT2D eigenvalue weighted by Gasteiger charge is 2.08. The van der Waals surface area contributed by atoms with Crippen molar-refractivity contribution in [2.24, 2.45) is 0 Å². The fourth-order valence-electron chi connectivity index (χ4n) is 1.83. The first-order chi connectivity index (χ1) is 8.70. The molecule has 2 aromatic rings. The fraction of sp³-hybridized carbons (Fsp3) is 0.385. The molecule has 5 heteroatoms. The summed E-state index contributed by atoms with van der Waals surface area (Å²) in [5, 5.41) is 16.9. The van der Waals surface area contributed by atoms with Crippen LogP contribution in [0.25, 0.3) is 0 Å². The Bertz CT molecular complexity index is 525. The van der Waals surface area contributed by atoms with Crippen LogP contribution in [0, 0.1) is 12.7 Å². The highest BCUT2D eigenvalue weighted by molar-refractivity contribution is 5.18. The molecule has 0 unspecified atom stereocenters. The molecule has 0 bridgehead atoms. The highest BCUT2D eigenvalue weighted by atomic mass is 19.1. The minimum absolute atomic E-state index is 0.149. The molecule has 4 nitrogen and oxygen atoms in total. The summed E-state index contributed by atoms with van der Waals surface area (Å²) in [4.78, 5) is 0. The van der Waals surface area contributed by atoms with Gasteiger partial charge in [0.05, 0.1) is 17.9 Å². The van der Waals surface area contributed by atoms with Crippen LogP contribution in [-0.4, -0.2) is 26.7 Å². The molecular weight excluding hydrogens is 233 g/mol. The summed E-state index contributed by atoms with van der Waals surface area (Å²) >= 11 is 0. The average Bonchev–Trinajstić information content (AvgIpc) is 2.69. The number of benzene rings is 1. The van der Waals surface area contributed by atoms with Gasteiger partial charge in [0.15, 0.2) is 0 Å². The van der Waals surface area contributed by atoms with E-state index in [1.807, 2.05) is 13.0 Å². The van der Waals surface area contributed by atoms with Gasteiger partial charge in [0, 0.05) is 6.61 Å². The molecule has 0 spiro atoms. The van der Waals surface area contributed by atoms with Crippen LogP contribution >= 0.6 is 0 Å². The number of aromatic nitrogens is 3. The van der Waals surface area contributed by atoms with Crippen molar-refractivity contribution in [1.29, 1.82) is 0 Å². The van der Waals surface area contributed by atoms with Crippen molar-refractivity contribution in [2.75, 3.05) is 6.61 Å². The molecule has 0 aliphatic carbocycles. The van der Waals surface area contributed by atoms with E-state index in [0.29, 0.717) is 19.4 Å². The smallest absolute Gasteiger partial charge is 0.123 e. The fourth-order valence-corrected chi connectivity index (χ4v) is 1.83. The molecule has 1 N–H and O–H groups in total. The Morgan fingerprint density at radius 3 is 2.94 bits per heavy atom.